The number of benzene rings is 8. The highest BCUT2D eigenvalue weighted by Gasteiger charge is 2.52. The number of fused-ring (bicyclic) bond motifs is 15. The molecule has 3 aliphatic carbocycles. The fourth-order valence-electron chi connectivity index (χ4n) is 9.79. The lowest BCUT2D eigenvalue weighted by atomic mass is 9.70. The van der Waals surface area contributed by atoms with Crippen molar-refractivity contribution in [2.75, 3.05) is 0 Å². The van der Waals surface area contributed by atoms with Crippen molar-refractivity contribution in [1.29, 1.82) is 0 Å². The maximum Gasteiger partial charge on any atom is 0.0725 e. The molecule has 0 atom stereocenters. The van der Waals surface area contributed by atoms with Crippen LogP contribution in [0.15, 0.2) is 146 Å². The van der Waals surface area contributed by atoms with Crippen molar-refractivity contribution < 1.29 is 0 Å². The van der Waals surface area contributed by atoms with E-state index in [1.165, 1.54) is 111 Å². The predicted octanol–water partition coefficient (Wildman–Crippen LogP) is 12.3. The van der Waals surface area contributed by atoms with E-state index in [-0.39, 0.29) is 5.41 Å². The van der Waals surface area contributed by atoms with Crippen LogP contribution in [0.4, 0.5) is 0 Å². The molecule has 0 saturated carbocycles. The summed E-state index contributed by atoms with van der Waals surface area (Å²) >= 11 is 0. The van der Waals surface area contributed by atoms with E-state index in [0.717, 1.165) is 0 Å². The Morgan fingerprint density at radius 2 is 0.894 bits per heavy atom. The summed E-state index contributed by atoms with van der Waals surface area (Å²) < 4.78 is 0. The van der Waals surface area contributed by atoms with Crippen LogP contribution < -0.4 is 0 Å². The fourth-order valence-corrected chi connectivity index (χ4v) is 9.79. The average Bonchev–Trinajstić information content (AvgIpc) is 3.71. The Kier molecular flexibility index (Phi) is 4.74. The minimum Gasteiger partial charge on any atom is -0.0619 e. The summed E-state index contributed by atoms with van der Waals surface area (Å²) in [6.07, 6.45) is 0. The van der Waals surface area contributed by atoms with Crippen molar-refractivity contribution >= 4 is 21.5 Å². The van der Waals surface area contributed by atoms with Crippen molar-refractivity contribution in [3.05, 3.63) is 179 Å². The van der Waals surface area contributed by atoms with Gasteiger partial charge in [0.1, 0.15) is 0 Å². The second-order valence-electron chi connectivity index (χ2n) is 13.6. The van der Waals surface area contributed by atoms with E-state index in [1.807, 2.05) is 0 Å². The molecule has 3 aliphatic rings. The molecule has 0 heterocycles. The topological polar surface area (TPSA) is 0 Å². The SMILES string of the molecule is Cc1cccc(C)c1-c1c2c(cc3ccccc13)-c1cc3c(c4cccc-2c14)-c1ccccc1C31c2ccccc2-c2ccccc21. The molecule has 0 N–H and O–H groups in total. The molecule has 11 rings (SSSR count). The van der Waals surface area contributed by atoms with Gasteiger partial charge < -0.3 is 0 Å². The molecule has 218 valence electrons. The van der Waals surface area contributed by atoms with E-state index in [1.54, 1.807) is 0 Å². The van der Waals surface area contributed by atoms with Crippen molar-refractivity contribution in [3.63, 3.8) is 0 Å². The van der Waals surface area contributed by atoms with Gasteiger partial charge in [0.15, 0.2) is 0 Å². The van der Waals surface area contributed by atoms with Crippen molar-refractivity contribution in [3.8, 4) is 55.6 Å². The first-order valence-electron chi connectivity index (χ1n) is 16.7. The fraction of sp³-hybridized carbons (Fsp3) is 0.0638. The third-order valence-electron chi connectivity index (χ3n) is 11.5. The summed E-state index contributed by atoms with van der Waals surface area (Å²) in [5.41, 5.74) is 21.5. The van der Waals surface area contributed by atoms with Gasteiger partial charge in [0.2, 0.25) is 0 Å². The molecule has 0 aliphatic heterocycles. The minimum absolute atomic E-state index is 0.366. The molecule has 0 amide bonds. The van der Waals surface area contributed by atoms with Crippen LogP contribution in [-0.4, -0.2) is 0 Å². The van der Waals surface area contributed by atoms with Crippen LogP contribution in [0.1, 0.15) is 33.4 Å². The molecule has 0 unspecified atom stereocenters. The van der Waals surface area contributed by atoms with Gasteiger partial charge in [-0.3, -0.25) is 0 Å². The molecule has 1 spiro atoms. The third kappa shape index (κ3) is 2.92. The summed E-state index contributed by atoms with van der Waals surface area (Å²) in [4.78, 5) is 0. The van der Waals surface area contributed by atoms with E-state index in [4.69, 9.17) is 0 Å². The lowest BCUT2D eigenvalue weighted by Crippen LogP contribution is -2.25. The highest BCUT2D eigenvalue weighted by Crippen LogP contribution is 2.66. The van der Waals surface area contributed by atoms with Crippen molar-refractivity contribution in [1.82, 2.24) is 0 Å². The summed E-state index contributed by atoms with van der Waals surface area (Å²) in [6.45, 7) is 4.53. The molecule has 0 fully saturated rings. The Morgan fingerprint density at radius 3 is 1.62 bits per heavy atom. The Morgan fingerprint density at radius 1 is 0.340 bits per heavy atom. The molecular formula is C47H30. The Balaban J connectivity index is 1.34. The van der Waals surface area contributed by atoms with Gasteiger partial charge in [-0.15, -0.1) is 0 Å². The van der Waals surface area contributed by atoms with E-state index in [0.29, 0.717) is 0 Å². The molecule has 0 nitrogen and oxygen atoms in total. The van der Waals surface area contributed by atoms with Crippen LogP contribution in [0.3, 0.4) is 0 Å². The lowest BCUT2D eigenvalue weighted by molar-refractivity contribution is 0.795. The van der Waals surface area contributed by atoms with E-state index < -0.39 is 0 Å². The summed E-state index contributed by atoms with van der Waals surface area (Å²) in [5, 5.41) is 5.35. The highest BCUT2D eigenvalue weighted by molar-refractivity contribution is 6.26. The van der Waals surface area contributed by atoms with Gasteiger partial charge in [-0.05, 0) is 137 Å². The molecule has 8 aromatic carbocycles. The predicted molar refractivity (Wildman–Crippen MR) is 197 cm³/mol. The zero-order chi connectivity index (χ0) is 31.0. The van der Waals surface area contributed by atoms with E-state index >= 15 is 0 Å². The Labute approximate surface area is 274 Å². The van der Waals surface area contributed by atoms with Gasteiger partial charge in [-0.25, -0.2) is 0 Å². The first-order valence-corrected chi connectivity index (χ1v) is 16.7. The summed E-state index contributed by atoms with van der Waals surface area (Å²) in [7, 11) is 0. The largest absolute Gasteiger partial charge is 0.0725 e. The zero-order valence-corrected chi connectivity index (χ0v) is 26.4. The second kappa shape index (κ2) is 8.75. The molecule has 47 heavy (non-hydrogen) atoms. The van der Waals surface area contributed by atoms with Gasteiger partial charge >= 0.3 is 0 Å². The van der Waals surface area contributed by atoms with Gasteiger partial charge in [0.25, 0.3) is 0 Å². The van der Waals surface area contributed by atoms with Crippen LogP contribution >= 0.6 is 0 Å². The maximum absolute atomic E-state index is 2.59. The van der Waals surface area contributed by atoms with Gasteiger partial charge in [0.05, 0.1) is 5.41 Å². The smallest absolute Gasteiger partial charge is 0.0619 e. The van der Waals surface area contributed by atoms with E-state index in [2.05, 4.69) is 159 Å². The standard InChI is InChI=1S/C47H30/c1-27-13-11-14-28(2)42(27)46-30-16-4-3-15-29(30)25-36-37-26-41-44(34-20-12-21-35(43(34)37)45(36)46)33-19-7-10-24-40(33)47(41)38-22-8-5-17-31(38)32-18-6-9-23-39(32)47/h3-26H,1-2H3. The number of hydrogen-bond donors (Lipinski definition) is 0. The number of hydrogen-bond acceptors (Lipinski definition) is 0. The lowest BCUT2D eigenvalue weighted by Gasteiger charge is -2.30. The first-order chi connectivity index (χ1) is 23.2. The quantitative estimate of drug-likeness (QED) is 0.177. The molecule has 0 saturated heterocycles. The van der Waals surface area contributed by atoms with Crippen LogP contribution in [-0.2, 0) is 5.41 Å². The minimum atomic E-state index is -0.366. The summed E-state index contributed by atoms with van der Waals surface area (Å²) in [6, 6.07) is 55.2. The number of aryl methyl sites for hydroxylation is 2. The molecule has 0 bridgehead atoms. The number of rotatable bonds is 1. The normalized spacial score (nSPS) is 13.9. The van der Waals surface area contributed by atoms with Crippen LogP contribution in [0.25, 0.3) is 77.2 Å². The molecular weight excluding hydrogens is 565 g/mol. The van der Waals surface area contributed by atoms with E-state index in [9.17, 15) is 0 Å². The van der Waals surface area contributed by atoms with Crippen LogP contribution in [0.5, 0.6) is 0 Å². The Bertz CT molecular complexity index is 2640. The second-order valence-corrected chi connectivity index (χ2v) is 13.6. The monoisotopic (exact) mass is 594 g/mol. The van der Waals surface area contributed by atoms with Gasteiger partial charge in [-0.2, -0.15) is 0 Å². The zero-order valence-electron chi connectivity index (χ0n) is 26.4. The Hall–Kier alpha value is -5.72. The molecule has 0 aromatic heterocycles. The highest BCUT2D eigenvalue weighted by atomic mass is 14.5. The molecule has 0 heteroatoms. The van der Waals surface area contributed by atoms with Gasteiger partial charge in [-0.1, -0.05) is 133 Å². The van der Waals surface area contributed by atoms with Crippen LogP contribution in [0.2, 0.25) is 0 Å². The van der Waals surface area contributed by atoms with Crippen molar-refractivity contribution in [2.24, 2.45) is 0 Å². The van der Waals surface area contributed by atoms with Gasteiger partial charge in [0, 0.05) is 0 Å². The molecule has 8 aromatic rings. The molecule has 0 radical (unpaired) electrons. The summed E-state index contributed by atoms with van der Waals surface area (Å²) in [5.74, 6) is 0. The third-order valence-corrected chi connectivity index (χ3v) is 11.5. The maximum atomic E-state index is 2.59. The van der Waals surface area contributed by atoms with Crippen molar-refractivity contribution in [2.45, 2.75) is 19.3 Å². The first kappa shape index (κ1) is 25.5. The average molecular weight is 595 g/mol. The van der Waals surface area contributed by atoms with Crippen LogP contribution in [0, 0.1) is 13.8 Å².